The summed E-state index contributed by atoms with van der Waals surface area (Å²) in [6.07, 6.45) is 3.32. The van der Waals surface area contributed by atoms with Crippen LogP contribution in [0.15, 0.2) is 41.4 Å². The highest BCUT2D eigenvalue weighted by Crippen LogP contribution is 2.40. The minimum atomic E-state index is -0.921. The van der Waals surface area contributed by atoms with Crippen molar-refractivity contribution in [1.29, 1.82) is 0 Å². The van der Waals surface area contributed by atoms with Crippen molar-refractivity contribution in [2.45, 2.75) is 37.5 Å². The van der Waals surface area contributed by atoms with E-state index in [1.807, 2.05) is 18.2 Å². The first-order valence-corrected chi connectivity index (χ1v) is 10.9. The van der Waals surface area contributed by atoms with Crippen LogP contribution in [0.25, 0.3) is 22.4 Å². The Balaban J connectivity index is 1.34. The van der Waals surface area contributed by atoms with Gasteiger partial charge in [-0.1, -0.05) is 12.1 Å². The first kappa shape index (κ1) is 20.1. The second-order valence-corrected chi connectivity index (χ2v) is 8.90. The van der Waals surface area contributed by atoms with E-state index in [9.17, 15) is 10.2 Å². The van der Waals surface area contributed by atoms with E-state index in [0.717, 1.165) is 33.8 Å². The van der Waals surface area contributed by atoms with Gasteiger partial charge in [0.05, 0.1) is 28.5 Å². The molecule has 1 saturated carbocycles. The van der Waals surface area contributed by atoms with Crippen molar-refractivity contribution in [3.05, 3.63) is 47.0 Å². The number of nitrogen functional groups attached to an aromatic ring is 2. The molecule has 0 unspecified atom stereocenters. The number of aryl methyl sites for hydroxylation is 1. The summed E-state index contributed by atoms with van der Waals surface area (Å²) < 4.78 is 2.55. The van der Waals surface area contributed by atoms with Gasteiger partial charge >= 0.3 is 0 Å². The summed E-state index contributed by atoms with van der Waals surface area (Å²) in [6.45, 7) is 0. The van der Waals surface area contributed by atoms with E-state index in [4.69, 9.17) is 11.5 Å². The van der Waals surface area contributed by atoms with Crippen molar-refractivity contribution in [1.82, 2.24) is 24.5 Å². The van der Waals surface area contributed by atoms with Gasteiger partial charge in [-0.05, 0) is 58.8 Å². The van der Waals surface area contributed by atoms with Gasteiger partial charge < -0.3 is 26.2 Å². The van der Waals surface area contributed by atoms with Crippen molar-refractivity contribution < 1.29 is 10.2 Å². The topological polar surface area (TPSA) is 149 Å². The quantitative estimate of drug-likeness (QED) is 0.344. The largest absolute Gasteiger partial charge is 0.390 e. The summed E-state index contributed by atoms with van der Waals surface area (Å²) in [4.78, 5) is 17.0. The molecule has 160 valence electrons. The number of imidazole rings is 1. The maximum absolute atomic E-state index is 10.7. The lowest BCUT2D eigenvalue weighted by Gasteiger charge is -2.21. The lowest BCUT2D eigenvalue weighted by Crippen LogP contribution is -2.30. The average molecular weight is 484 g/mol. The number of nitrogens with two attached hydrogens (primary N) is 2. The fraction of sp³-hybridized carbons (Fsp3) is 0.333. The van der Waals surface area contributed by atoms with Crippen LogP contribution in [0.2, 0.25) is 0 Å². The molecule has 0 radical (unpaired) electrons. The van der Waals surface area contributed by atoms with E-state index in [2.05, 4.69) is 41.9 Å². The molecule has 1 aromatic heterocycles. The summed E-state index contributed by atoms with van der Waals surface area (Å²) in [6, 6.07) is 7.71. The van der Waals surface area contributed by atoms with E-state index in [0.29, 0.717) is 29.6 Å². The molecular weight excluding hydrogens is 462 g/mol. The summed E-state index contributed by atoms with van der Waals surface area (Å²) in [5, 5.41) is 22.4. The molecule has 9 nitrogen and oxygen atoms in total. The van der Waals surface area contributed by atoms with Gasteiger partial charge in [-0.2, -0.15) is 0 Å². The molecule has 2 aromatic rings. The Bertz CT molecular complexity index is 1230. The predicted octanol–water partition coefficient (Wildman–Crippen LogP) is 2.17. The highest BCUT2D eigenvalue weighted by atomic mass is 79.9. The van der Waals surface area contributed by atoms with E-state index in [1.165, 1.54) is 6.33 Å². The highest BCUT2D eigenvalue weighted by molar-refractivity contribution is 9.10. The highest BCUT2D eigenvalue weighted by Gasteiger charge is 2.43. The first-order chi connectivity index (χ1) is 14.9. The Morgan fingerprint density at radius 1 is 1.06 bits per heavy atom. The molecule has 0 spiro atoms. The average Bonchev–Trinajstić information content (AvgIpc) is 3.35. The Labute approximate surface area is 186 Å². The molecule has 2 aliphatic heterocycles. The molecule has 4 atom stereocenters. The minimum absolute atomic E-state index is 0.0679. The standard InChI is InChI=1S/C21H22BrN7O2/c22-13-6-11-3-1-10(5-14(11)28-19(13)23)2-4-12-7-15(18(31)17(12)30)29-9-27-20(24)16-21(29)26-8-25-16/h1,3,5-6,8-9,12,15,17-18,30-31H,2,4,7,24H2,(H2,23,28)/t12-,15+,17+,18-/m0/s1. The maximum Gasteiger partial charge on any atom is 0.165 e. The number of aliphatic hydroxyl groups excluding tert-OH is 2. The number of aromatic nitrogens is 5. The third-order valence-corrected chi connectivity index (χ3v) is 6.82. The van der Waals surface area contributed by atoms with Gasteiger partial charge in [-0.15, -0.1) is 0 Å². The summed E-state index contributed by atoms with van der Waals surface area (Å²) in [5.41, 5.74) is 14.2. The van der Waals surface area contributed by atoms with E-state index in [1.54, 1.807) is 10.9 Å². The van der Waals surface area contributed by atoms with Crippen molar-refractivity contribution in [3.63, 3.8) is 0 Å². The number of halogens is 1. The lowest BCUT2D eigenvalue weighted by atomic mass is 9.95. The van der Waals surface area contributed by atoms with Crippen molar-refractivity contribution >= 4 is 38.5 Å². The SMILES string of the molecule is Nc1nc2cc(CC[C@H]3C[C@@H](n4cnc(N)c5ncnc4-5)[C@H](O)[C@@H]3O)ccc2cc1Br. The van der Waals surface area contributed by atoms with Crippen LogP contribution in [-0.2, 0) is 6.42 Å². The zero-order valence-electron chi connectivity index (χ0n) is 16.6. The lowest BCUT2D eigenvalue weighted by molar-refractivity contribution is 0.00489. The molecule has 3 heterocycles. The molecule has 6 N–H and O–H groups in total. The second kappa shape index (κ2) is 7.70. The van der Waals surface area contributed by atoms with Gasteiger partial charge in [0, 0.05) is 5.39 Å². The zero-order valence-corrected chi connectivity index (χ0v) is 18.1. The molecular formula is C21H22BrN7O2. The van der Waals surface area contributed by atoms with Gasteiger partial charge in [0.25, 0.3) is 0 Å². The van der Waals surface area contributed by atoms with Crippen LogP contribution in [0.4, 0.5) is 11.6 Å². The minimum Gasteiger partial charge on any atom is -0.390 e. The van der Waals surface area contributed by atoms with E-state index in [-0.39, 0.29) is 12.0 Å². The predicted molar refractivity (Wildman–Crippen MR) is 120 cm³/mol. The molecule has 0 saturated heterocycles. The van der Waals surface area contributed by atoms with Crippen molar-refractivity contribution in [2.75, 3.05) is 11.5 Å². The van der Waals surface area contributed by atoms with Crippen LogP contribution in [0.5, 0.6) is 0 Å². The van der Waals surface area contributed by atoms with Gasteiger partial charge in [0.15, 0.2) is 11.6 Å². The third-order valence-electron chi connectivity index (χ3n) is 6.18. The molecule has 1 aliphatic carbocycles. The molecule has 3 aliphatic rings. The van der Waals surface area contributed by atoms with E-state index < -0.39 is 12.2 Å². The smallest absolute Gasteiger partial charge is 0.165 e. The Kier molecular flexibility index (Phi) is 4.99. The van der Waals surface area contributed by atoms with Crippen molar-refractivity contribution in [2.24, 2.45) is 5.92 Å². The number of fused-ring (bicyclic) bond motifs is 2. The van der Waals surface area contributed by atoms with Gasteiger partial charge in [-0.25, -0.2) is 19.9 Å². The number of aliphatic hydroxyl groups is 2. The fourth-order valence-corrected chi connectivity index (χ4v) is 4.82. The van der Waals surface area contributed by atoms with Crippen LogP contribution in [0, 0.1) is 5.92 Å². The maximum atomic E-state index is 10.7. The Morgan fingerprint density at radius 3 is 2.74 bits per heavy atom. The molecule has 1 aromatic carbocycles. The summed E-state index contributed by atoms with van der Waals surface area (Å²) in [7, 11) is 0. The van der Waals surface area contributed by atoms with Crippen LogP contribution in [0.1, 0.15) is 24.4 Å². The number of nitrogens with zero attached hydrogens (tertiary/aromatic N) is 5. The third kappa shape index (κ3) is 3.50. The van der Waals surface area contributed by atoms with Gasteiger partial charge in [0.1, 0.15) is 23.9 Å². The first-order valence-electron chi connectivity index (χ1n) is 10.1. The molecule has 5 rings (SSSR count). The number of rotatable bonds is 4. The molecule has 0 amide bonds. The monoisotopic (exact) mass is 483 g/mol. The molecule has 0 bridgehead atoms. The molecule has 10 heteroatoms. The fourth-order valence-electron chi connectivity index (χ4n) is 4.48. The van der Waals surface area contributed by atoms with Crippen LogP contribution in [-0.4, -0.2) is 46.9 Å². The number of benzene rings is 1. The number of pyridine rings is 1. The Hall–Kier alpha value is -2.82. The Morgan fingerprint density at radius 2 is 1.90 bits per heavy atom. The molecule has 1 fully saturated rings. The summed E-state index contributed by atoms with van der Waals surface area (Å²) in [5.74, 6) is 1.25. The van der Waals surface area contributed by atoms with Crippen molar-refractivity contribution in [3.8, 4) is 11.5 Å². The van der Waals surface area contributed by atoms with Crippen LogP contribution < -0.4 is 11.5 Å². The van der Waals surface area contributed by atoms with Crippen LogP contribution in [0.3, 0.4) is 0 Å². The molecule has 31 heavy (non-hydrogen) atoms. The van der Waals surface area contributed by atoms with E-state index >= 15 is 0 Å². The zero-order chi connectivity index (χ0) is 21.7. The van der Waals surface area contributed by atoms with Crippen LogP contribution >= 0.6 is 15.9 Å². The number of hydrogen-bond donors (Lipinski definition) is 4. The normalized spacial score (nSPS) is 23.7. The number of hydrogen-bond acceptors (Lipinski definition) is 8. The summed E-state index contributed by atoms with van der Waals surface area (Å²) >= 11 is 3.40. The number of anilines is 2. The van der Waals surface area contributed by atoms with Gasteiger partial charge in [-0.3, -0.25) is 0 Å². The second-order valence-electron chi connectivity index (χ2n) is 8.05. The van der Waals surface area contributed by atoms with Gasteiger partial charge in [0.2, 0.25) is 0 Å².